The maximum absolute atomic E-state index is 11.9. The minimum atomic E-state index is -0.0346. The molecule has 190 valence electrons. The van der Waals surface area contributed by atoms with Crippen LogP contribution in [0.15, 0.2) is 71.9 Å². The number of carbonyl (C=O) groups is 1. The second kappa shape index (κ2) is 14.8. The molecule has 0 atom stereocenters. The highest BCUT2D eigenvalue weighted by molar-refractivity contribution is 5.94. The van der Waals surface area contributed by atoms with E-state index >= 15 is 0 Å². The highest BCUT2D eigenvalue weighted by Crippen LogP contribution is 2.19. The van der Waals surface area contributed by atoms with Gasteiger partial charge < -0.3 is 10.2 Å². The first-order valence-corrected chi connectivity index (χ1v) is 12.7. The molecule has 0 bridgehead atoms. The molecule has 4 rings (SSSR count). The fraction of sp³-hybridized carbons (Fsp3) is 0.400. The molecule has 0 unspecified atom stereocenters. The van der Waals surface area contributed by atoms with Crippen LogP contribution in [0.5, 0.6) is 0 Å². The lowest BCUT2D eigenvalue weighted by molar-refractivity contribution is 0.0793. The Kier molecular flexibility index (Phi) is 11.7. The van der Waals surface area contributed by atoms with E-state index in [1.807, 2.05) is 24.8 Å². The Morgan fingerprint density at radius 1 is 1.00 bits per heavy atom. The van der Waals surface area contributed by atoms with Crippen LogP contribution in [0.25, 0.3) is 10.8 Å². The number of rotatable bonds is 7. The smallest absolute Gasteiger partial charge is 0.253 e. The molecule has 0 aromatic heterocycles. The summed E-state index contributed by atoms with van der Waals surface area (Å²) in [4.78, 5) is 23.9. The van der Waals surface area contributed by atoms with Gasteiger partial charge in [0, 0.05) is 30.7 Å². The van der Waals surface area contributed by atoms with E-state index in [1.54, 1.807) is 24.3 Å². The van der Waals surface area contributed by atoms with Gasteiger partial charge in [-0.3, -0.25) is 4.79 Å². The fourth-order valence-electron chi connectivity index (χ4n) is 4.19. The summed E-state index contributed by atoms with van der Waals surface area (Å²) in [6.45, 7) is 10.9. The van der Waals surface area contributed by atoms with Crippen LogP contribution in [-0.2, 0) is 6.42 Å². The SMILES string of the molecule is CC.CC(C)(Cc1ccc2ccccc2c1)NCCN=O.N#Cc1cccc(C(=O)N2CCCC2)c1. The monoisotopic (exact) mass is 486 g/mol. The average Bonchev–Trinajstić information content (AvgIpc) is 3.45. The zero-order valence-electron chi connectivity index (χ0n) is 22.0. The molecular formula is C30H38N4O2. The first kappa shape index (κ1) is 28.7. The molecule has 0 radical (unpaired) electrons. The van der Waals surface area contributed by atoms with Crippen LogP contribution in [0.3, 0.4) is 0 Å². The molecule has 3 aromatic carbocycles. The zero-order chi connectivity index (χ0) is 26.4. The van der Waals surface area contributed by atoms with Gasteiger partial charge in [0.1, 0.15) is 0 Å². The number of likely N-dealkylation sites (tertiary alicyclic amines) is 1. The standard InChI is InChI=1S/C16H20N2O.C12H12N2O.C2H6/c1-16(2,17-9-10-18-19)12-13-7-8-14-5-3-4-6-15(14)11-13;13-9-10-4-3-5-11(8-10)12(15)14-6-1-2-7-14;1-2/h3-8,11,17H,9-10,12H2,1-2H3;3-5,8H,1-2,6-7H2;1-2H3. The van der Waals surface area contributed by atoms with E-state index in [2.05, 4.69) is 66.8 Å². The van der Waals surface area contributed by atoms with Gasteiger partial charge in [0.2, 0.25) is 0 Å². The van der Waals surface area contributed by atoms with Crippen LogP contribution >= 0.6 is 0 Å². The third kappa shape index (κ3) is 8.90. The number of benzene rings is 3. The highest BCUT2D eigenvalue weighted by Gasteiger charge is 2.19. The molecule has 1 aliphatic rings. The number of amides is 1. The highest BCUT2D eigenvalue weighted by atomic mass is 16.3. The lowest BCUT2D eigenvalue weighted by Crippen LogP contribution is -2.42. The Labute approximate surface area is 215 Å². The third-order valence-electron chi connectivity index (χ3n) is 5.90. The molecule has 1 N–H and O–H groups in total. The summed E-state index contributed by atoms with van der Waals surface area (Å²) in [5.41, 5.74) is 2.43. The number of hydrogen-bond donors (Lipinski definition) is 1. The molecule has 3 aromatic rings. The van der Waals surface area contributed by atoms with Gasteiger partial charge in [-0.15, -0.1) is 0 Å². The van der Waals surface area contributed by atoms with Crippen LogP contribution in [0.4, 0.5) is 0 Å². The average molecular weight is 487 g/mol. The zero-order valence-corrected chi connectivity index (χ0v) is 22.0. The predicted octanol–water partition coefficient (Wildman–Crippen LogP) is 6.34. The first-order valence-electron chi connectivity index (χ1n) is 12.7. The summed E-state index contributed by atoms with van der Waals surface area (Å²) >= 11 is 0. The van der Waals surface area contributed by atoms with Gasteiger partial charge in [0.25, 0.3) is 5.91 Å². The maximum Gasteiger partial charge on any atom is 0.253 e. The van der Waals surface area contributed by atoms with Crippen molar-refractivity contribution in [3.05, 3.63) is 88.3 Å². The summed E-state index contributed by atoms with van der Waals surface area (Å²) in [6.07, 6.45) is 3.10. The van der Waals surface area contributed by atoms with Crippen LogP contribution < -0.4 is 5.32 Å². The van der Waals surface area contributed by atoms with E-state index in [0.29, 0.717) is 24.2 Å². The number of nitriles is 1. The van der Waals surface area contributed by atoms with Gasteiger partial charge in [-0.2, -0.15) is 10.2 Å². The molecule has 0 saturated carbocycles. The molecule has 0 aliphatic carbocycles. The van der Waals surface area contributed by atoms with Crippen molar-refractivity contribution in [3.8, 4) is 6.07 Å². The third-order valence-corrected chi connectivity index (χ3v) is 5.90. The number of carbonyl (C=O) groups excluding carboxylic acids is 1. The Hall–Kier alpha value is -3.56. The maximum atomic E-state index is 11.9. The van der Waals surface area contributed by atoms with E-state index in [1.165, 1.54) is 16.3 Å². The Bertz CT molecular complexity index is 1160. The first-order chi connectivity index (χ1) is 17.4. The van der Waals surface area contributed by atoms with Crippen molar-refractivity contribution in [2.24, 2.45) is 5.18 Å². The molecule has 36 heavy (non-hydrogen) atoms. The normalized spacial score (nSPS) is 12.6. The topological polar surface area (TPSA) is 85.6 Å². The van der Waals surface area contributed by atoms with Gasteiger partial charge in [-0.25, -0.2) is 0 Å². The Morgan fingerprint density at radius 2 is 1.69 bits per heavy atom. The van der Waals surface area contributed by atoms with Crippen molar-refractivity contribution in [1.29, 1.82) is 5.26 Å². The minimum Gasteiger partial charge on any atom is -0.339 e. The number of nitrogens with one attached hydrogen (secondary N) is 1. The predicted molar refractivity (Wildman–Crippen MR) is 148 cm³/mol. The second-order valence-electron chi connectivity index (χ2n) is 9.21. The molecule has 1 fully saturated rings. The lowest BCUT2D eigenvalue weighted by Gasteiger charge is -2.26. The van der Waals surface area contributed by atoms with E-state index in [9.17, 15) is 9.70 Å². The Balaban J connectivity index is 0.000000243. The number of hydrogen-bond acceptors (Lipinski definition) is 5. The van der Waals surface area contributed by atoms with Crippen molar-refractivity contribution in [3.63, 3.8) is 0 Å². The molecule has 6 heteroatoms. The van der Waals surface area contributed by atoms with Crippen molar-refractivity contribution < 1.29 is 4.79 Å². The largest absolute Gasteiger partial charge is 0.339 e. The summed E-state index contributed by atoms with van der Waals surface area (Å²) in [6, 6.07) is 23.9. The van der Waals surface area contributed by atoms with Gasteiger partial charge >= 0.3 is 0 Å². The van der Waals surface area contributed by atoms with E-state index in [0.717, 1.165) is 32.4 Å². The van der Waals surface area contributed by atoms with Crippen LogP contribution in [0.2, 0.25) is 0 Å². The lowest BCUT2D eigenvalue weighted by atomic mass is 9.93. The summed E-state index contributed by atoms with van der Waals surface area (Å²) in [5, 5.41) is 17.5. The van der Waals surface area contributed by atoms with Crippen molar-refractivity contribution in [1.82, 2.24) is 10.2 Å². The van der Waals surface area contributed by atoms with E-state index < -0.39 is 0 Å². The van der Waals surface area contributed by atoms with E-state index in [-0.39, 0.29) is 11.4 Å². The van der Waals surface area contributed by atoms with E-state index in [4.69, 9.17) is 5.26 Å². The molecule has 1 amide bonds. The summed E-state index contributed by atoms with van der Waals surface area (Å²) < 4.78 is 0. The van der Waals surface area contributed by atoms with Crippen LogP contribution in [-0.4, -0.2) is 42.5 Å². The summed E-state index contributed by atoms with van der Waals surface area (Å²) in [7, 11) is 0. The van der Waals surface area contributed by atoms with Crippen molar-refractivity contribution in [2.75, 3.05) is 26.2 Å². The molecule has 1 saturated heterocycles. The molecule has 1 heterocycles. The van der Waals surface area contributed by atoms with Crippen molar-refractivity contribution in [2.45, 2.75) is 52.5 Å². The minimum absolute atomic E-state index is 0.0346. The van der Waals surface area contributed by atoms with Crippen LogP contribution in [0, 0.1) is 16.2 Å². The second-order valence-corrected chi connectivity index (χ2v) is 9.21. The quantitative estimate of drug-likeness (QED) is 0.312. The molecule has 0 spiro atoms. The van der Waals surface area contributed by atoms with Crippen LogP contribution in [0.1, 0.15) is 62.0 Å². The Morgan fingerprint density at radius 3 is 2.36 bits per heavy atom. The summed E-state index contributed by atoms with van der Waals surface area (Å²) in [5.74, 6) is 0.0459. The molecular weight excluding hydrogens is 448 g/mol. The van der Waals surface area contributed by atoms with Gasteiger partial charge in [0.05, 0.1) is 18.2 Å². The number of nitrogens with zero attached hydrogens (tertiary/aromatic N) is 3. The van der Waals surface area contributed by atoms with Gasteiger partial charge in [0.15, 0.2) is 0 Å². The molecule has 1 aliphatic heterocycles. The molecule has 6 nitrogen and oxygen atoms in total. The van der Waals surface area contributed by atoms with Gasteiger partial charge in [-0.1, -0.05) is 67.6 Å². The van der Waals surface area contributed by atoms with Crippen molar-refractivity contribution >= 4 is 16.7 Å². The fourth-order valence-corrected chi connectivity index (χ4v) is 4.19. The number of nitroso groups, excluding NO2 is 1. The van der Waals surface area contributed by atoms with Gasteiger partial charge in [-0.05, 0) is 67.6 Å². The number of fused-ring (bicyclic) bond motifs is 1.